The van der Waals surface area contributed by atoms with Crippen molar-refractivity contribution in [3.8, 4) is 0 Å². The molecule has 1 heterocycles. The van der Waals surface area contributed by atoms with Crippen LogP contribution in [0.2, 0.25) is 5.02 Å². The smallest absolute Gasteiger partial charge is 0.195 e. The number of rotatable bonds is 2. The molecule has 0 N–H and O–H groups in total. The number of carbonyl (C=O) groups excluding carboxylic acids is 1. The van der Waals surface area contributed by atoms with Gasteiger partial charge in [0.25, 0.3) is 0 Å². The SMILES string of the molecule is Cc1ccc(C(=O)c2cn(C)c3cc(Cl)ccc23)cc1. The van der Waals surface area contributed by atoms with E-state index in [2.05, 4.69) is 0 Å². The standard InChI is InChI=1S/C17H14ClNO/c1-11-3-5-12(6-4-11)17(20)15-10-19(2)16-9-13(18)7-8-14(15)16/h3-10H,1-2H3. The third-order valence-corrected chi connectivity index (χ3v) is 3.75. The monoisotopic (exact) mass is 283 g/mol. The van der Waals surface area contributed by atoms with Crippen LogP contribution in [-0.4, -0.2) is 10.4 Å². The lowest BCUT2D eigenvalue weighted by atomic mass is 10.0. The van der Waals surface area contributed by atoms with Crippen molar-refractivity contribution in [2.45, 2.75) is 6.92 Å². The van der Waals surface area contributed by atoms with Gasteiger partial charge in [-0.2, -0.15) is 0 Å². The molecule has 0 unspecified atom stereocenters. The lowest BCUT2D eigenvalue weighted by Crippen LogP contribution is -2.00. The first-order valence-electron chi connectivity index (χ1n) is 6.42. The van der Waals surface area contributed by atoms with Gasteiger partial charge < -0.3 is 4.57 Å². The Labute approximate surface area is 122 Å². The van der Waals surface area contributed by atoms with Gasteiger partial charge in [0.15, 0.2) is 5.78 Å². The number of ketones is 1. The lowest BCUT2D eigenvalue weighted by molar-refractivity contribution is 0.104. The Morgan fingerprint density at radius 2 is 1.80 bits per heavy atom. The molecule has 0 fully saturated rings. The maximum Gasteiger partial charge on any atom is 0.195 e. The highest BCUT2D eigenvalue weighted by Crippen LogP contribution is 2.26. The fourth-order valence-electron chi connectivity index (χ4n) is 2.40. The highest BCUT2D eigenvalue weighted by Gasteiger charge is 2.15. The summed E-state index contributed by atoms with van der Waals surface area (Å²) in [6.07, 6.45) is 1.86. The van der Waals surface area contributed by atoms with Gasteiger partial charge in [0, 0.05) is 40.3 Å². The van der Waals surface area contributed by atoms with E-state index < -0.39 is 0 Å². The van der Waals surface area contributed by atoms with Crippen molar-refractivity contribution in [1.29, 1.82) is 0 Å². The Morgan fingerprint density at radius 3 is 2.50 bits per heavy atom. The average molecular weight is 284 g/mol. The van der Waals surface area contributed by atoms with Gasteiger partial charge in [0.2, 0.25) is 0 Å². The van der Waals surface area contributed by atoms with E-state index in [0.29, 0.717) is 16.1 Å². The predicted octanol–water partition coefficient (Wildman–Crippen LogP) is 4.37. The van der Waals surface area contributed by atoms with Crippen molar-refractivity contribution in [1.82, 2.24) is 4.57 Å². The van der Waals surface area contributed by atoms with Gasteiger partial charge in [-0.3, -0.25) is 4.79 Å². The molecule has 3 aromatic rings. The van der Waals surface area contributed by atoms with E-state index in [4.69, 9.17) is 11.6 Å². The van der Waals surface area contributed by atoms with Crippen molar-refractivity contribution < 1.29 is 4.79 Å². The van der Waals surface area contributed by atoms with Gasteiger partial charge in [-0.05, 0) is 19.1 Å². The van der Waals surface area contributed by atoms with Crippen LogP contribution in [0.25, 0.3) is 10.9 Å². The molecule has 100 valence electrons. The minimum absolute atomic E-state index is 0.0397. The quantitative estimate of drug-likeness (QED) is 0.640. The molecular weight excluding hydrogens is 270 g/mol. The van der Waals surface area contributed by atoms with Gasteiger partial charge in [-0.1, -0.05) is 47.5 Å². The Balaban J connectivity index is 2.15. The summed E-state index contributed by atoms with van der Waals surface area (Å²) in [6, 6.07) is 13.2. The summed E-state index contributed by atoms with van der Waals surface area (Å²) in [6.45, 7) is 2.01. The zero-order chi connectivity index (χ0) is 14.3. The normalized spacial score (nSPS) is 10.9. The number of benzene rings is 2. The summed E-state index contributed by atoms with van der Waals surface area (Å²) < 4.78 is 1.93. The number of hydrogen-bond acceptors (Lipinski definition) is 1. The van der Waals surface area contributed by atoms with Crippen molar-refractivity contribution in [3.63, 3.8) is 0 Å². The van der Waals surface area contributed by atoms with E-state index in [0.717, 1.165) is 16.5 Å². The van der Waals surface area contributed by atoms with Crippen molar-refractivity contribution >= 4 is 28.3 Å². The molecule has 2 aromatic carbocycles. The number of fused-ring (bicyclic) bond motifs is 1. The summed E-state index contributed by atoms with van der Waals surface area (Å²) in [5, 5.41) is 1.61. The van der Waals surface area contributed by atoms with E-state index in [-0.39, 0.29) is 5.78 Å². The van der Waals surface area contributed by atoms with Gasteiger partial charge in [0.1, 0.15) is 0 Å². The number of aromatic nitrogens is 1. The largest absolute Gasteiger partial charge is 0.350 e. The average Bonchev–Trinajstić information content (AvgIpc) is 2.76. The van der Waals surface area contributed by atoms with Gasteiger partial charge in [0.05, 0.1) is 0 Å². The molecule has 1 aromatic heterocycles. The zero-order valence-corrected chi connectivity index (χ0v) is 12.1. The summed E-state index contributed by atoms with van der Waals surface area (Å²) in [7, 11) is 1.92. The van der Waals surface area contributed by atoms with Gasteiger partial charge in [-0.15, -0.1) is 0 Å². The first-order chi connectivity index (χ1) is 9.56. The topological polar surface area (TPSA) is 22.0 Å². The Bertz CT molecular complexity index is 800. The molecule has 3 rings (SSSR count). The maximum absolute atomic E-state index is 12.6. The molecule has 2 nitrogen and oxygen atoms in total. The molecule has 20 heavy (non-hydrogen) atoms. The molecule has 0 saturated carbocycles. The molecule has 0 aliphatic rings. The van der Waals surface area contributed by atoms with Crippen molar-refractivity contribution in [3.05, 3.63) is 70.4 Å². The summed E-state index contributed by atoms with van der Waals surface area (Å²) in [5.41, 5.74) is 3.53. The fourth-order valence-corrected chi connectivity index (χ4v) is 2.56. The van der Waals surface area contributed by atoms with Crippen LogP contribution in [0.1, 0.15) is 21.5 Å². The number of nitrogens with zero attached hydrogens (tertiary/aromatic N) is 1. The first-order valence-corrected chi connectivity index (χ1v) is 6.80. The molecule has 0 amide bonds. The predicted molar refractivity (Wildman–Crippen MR) is 82.5 cm³/mol. The van der Waals surface area contributed by atoms with Crippen molar-refractivity contribution in [2.75, 3.05) is 0 Å². The fraction of sp³-hybridized carbons (Fsp3) is 0.118. The van der Waals surface area contributed by atoms with E-state index in [9.17, 15) is 4.79 Å². The van der Waals surface area contributed by atoms with Crippen LogP contribution in [0.4, 0.5) is 0 Å². The molecule has 0 atom stereocenters. The molecule has 0 spiro atoms. The second-order valence-corrected chi connectivity index (χ2v) is 5.45. The van der Waals surface area contributed by atoms with E-state index >= 15 is 0 Å². The Kier molecular flexibility index (Phi) is 3.11. The Hall–Kier alpha value is -2.06. The second kappa shape index (κ2) is 4.80. The number of hydrogen-bond donors (Lipinski definition) is 0. The van der Waals surface area contributed by atoms with E-state index in [1.54, 1.807) is 0 Å². The van der Waals surface area contributed by atoms with Crippen LogP contribution >= 0.6 is 11.6 Å². The van der Waals surface area contributed by atoms with Crippen LogP contribution in [0.15, 0.2) is 48.7 Å². The maximum atomic E-state index is 12.6. The highest BCUT2D eigenvalue weighted by atomic mass is 35.5. The molecular formula is C17H14ClNO. The van der Waals surface area contributed by atoms with E-state index in [1.807, 2.05) is 67.2 Å². The summed E-state index contributed by atoms with van der Waals surface area (Å²) in [4.78, 5) is 12.6. The van der Waals surface area contributed by atoms with Gasteiger partial charge in [-0.25, -0.2) is 0 Å². The number of aryl methyl sites for hydroxylation is 2. The van der Waals surface area contributed by atoms with Crippen LogP contribution < -0.4 is 0 Å². The molecule has 0 aliphatic heterocycles. The molecule has 0 aliphatic carbocycles. The number of carbonyl (C=O) groups is 1. The molecule has 0 bridgehead atoms. The third-order valence-electron chi connectivity index (χ3n) is 3.51. The number of halogens is 1. The Morgan fingerprint density at radius 1 is 1.10 bits per heavy atom. The van der Waals surface area contributed by atoms with E-state index in [1.165, 1.54) is 0 Å². The van der Waals surface area contributed by atoms with Crippen LogP contribution in [0, 0.1) is 6.92 Å². The lowest BCUT2D eigenvalue weighted by Gasteiger charge is -2.00. The zero-order valence-electron chi connectivity index (χ0n) is 11.4. The van der Waals surface area contributed by atoms with Crippen molar-refractivity contribution in [2.24, 2.45) is 7.05 Å². The third kappa shape index (κ3) is 2.12. The molecule has 0 saturated heterocycles. The first kappa shape index (κ1) is 12.9. The minimum Gasteiger partial charge on any atom is -0.350 e. The molecule has 3 heteroatoms. The summed E-state index contributed by atoms with van der Waals surface area (Å²) >= 11 is 6.02. The van der Waals surface area contributed by atoms with Crippen LogP contribution in [-0.2, 0) is 7.05 Å². The minimum atomic E-state index is 0.0397. The van der Waals surface area contributed by atoms with Crippen LogP contribution in [0.5, 0.6) is 0 Å². The van der Waals surface area contributed by atoms with Gasteiger partial charge >= 0.3 is 0 Å². The second-order valence-electron chi connectivity index (χ2n) is 5.01. The molecule has 0 radical (unpaired) electrons. The van der Waals surface area contributed by atoms with Crippen LogP contribution in [0.3, 0.4) is 0 Å². The summed E-state index contributed by atoms with van der Waals surface area (Å²) in [5.74, 6) is 0.0397. The highest BCUT2D eigenvalue weighted by molar-refractivity contribution is 6.31.